The minimum absolute atomic E-state index is 0. The smallest absolute Gasteiger partial charge is 0.273 e. The normalized spacial score (nSPS) is 16.5. The van der Waals surface area contributed by atoms with Crippen LogP contribution in [0.3, 0.4) is 0 Å². The third kappa shape index (κ3) is 4.15. The number of carbonyl (C=O) groups is 1. The van der Waals surface area contributed by atoms with E-state index in [9.17, 15) is 4.79 Å². The van der Waals surface area contributed by atoms with Crippen LogP contribution in [0.5, 0.6) is 0 Å². The Morgan fingerprint density at radius 2 is 2.12 bits per heavy atom. The van der Waals surface area contributed by atoms with Crippen molar-refractivity contribution in [2.24, 2.45) is 0 Å². The van der Waals surface area contributed by atoms with Crippen LogP contribution in [0.4, 0.5) is 0 Å². The summed E-state index contributed by atoms with van der Waals surface area (Å²) in [4.78, 5) is 14.9. The summed E-state index contributed by atoms with van der Waals surface area (Å²) in [6.07, 6.45) is 3.81. The number of hydrogen-bond acceptors (Lipinski definition) is 5. The van der Waals surface area contributed by atoms with Gasteiger partial charge in [-0.3, -0.25) is 4.79 Å². The highest BCUT2D eigenvalue weighted by molar-refractivity contribution is 7.12. The zero-order valence-electron chi connectivity index (χ0n) is 14.2. The number of nitrogens with zero attached hydrogens (tertiary/aromatic N) is 3. The van der Waals surface area contributed by atoms with Gasteiger partial charge in [0, 0.05) is 9.75 Å². The van der Waals surface area contributed by atoms with Crippen molar-refractivity contribution < 1.29 is 4.79 Å². The Morgan fingerprint density at radius 1 is 1.42 bits per heavy atom. The molecule has 2 aromatic heterocycles. The molecule has 0 bridgehead atoms. The average molecular weight is 370 g/mol. The fraction of sp³-hybridized carbons (Fsp3) is 0.562. The summed E-state index contributed by atoms with van der Waals surface area (Å²) in [5, 5.41) is 14.5. The number of aryl methyl sites for hydroxylation is 2. The molecule has 2 N–H and O–H groups in total. The number of piperidine rings is 1. The molecule has 0 saturated carbocycles. The molecule has 1 saturated heterocycles. The molecule has 132 valence electrons. The molecule has 2 aromatic rings. The van der Waals surface area contributed by atoms with Crippen LogP contribution < -0.4 is 10.6 Å². The second-order valence-electron chi connectivity index (χ2n) is 6.13. The zero-order valence-corrected chi connectivity index (χ0v) is 15.8. The van der Waals surface area contributed by atoms with Gasteiger partial charge in [0.2, 0.25) is 0 Å². The van der Waals surface area contributed by atoms with Crippen molar-refractivity contribution in [1.29, 1.82) is 0 Å². The molecule has 24 heavy (non-hydrogen) atoms. The van der Waals surface area contributed by atoms with Crippen molar-refractivity contribution in [2.75, 3.05) is 13.1 Å². The van der Waals surface area contributed by atoms with Gasteiger partial charge in [-0.25, -0.2) is 4.68 Å². The van der Waals surface area contributed by atoms with E-state index in [2.05, 4.69) is 40.9 Å². The molecule has 1 aliphatic heterocycles. The van der Waals surface area contributed by atoms with Gasteiger partial charge < -0.3 is 10.6 Å². The Labute approximate surface area is 152 Å². The van der Waals surface area contributed by atoms with Gasteiger partial charge in [-0.1, -0.05) is 5.21 Å². The molecule has 1 fully saturated rings. The molecule has 1 aliphatic rings. The van der Waals surface area contributed by atoms with Gasteiger partial charge in [-0.15, -0.1) is 28.8 Å². The number of rotatable bonds is 4. The van der Waals surface area contributed by atoms with Crippen LogP contribution in [-0.4, -0.2) is 34.0 Å². The van der Waals surface area contributed by atoms with Crippen LogP contribution in [-0.2, 0) is 0 Å². The fourth-order valence-electron chi connectivity index (χ4n) is 3.06. The molecule has 1 unspecified atom stereocenters. The molecule has 1 atom stereocenters. The number of hydrogen-bond donors (Lipinski definition) is 2. The Morgan fingerprint density at radius 3 is 2.75 bits per heavy atom. The average Bonchev–Trinajstić information content (AvgIpc) is 3.15. The van der Waals surface area contributed by atoms with E-state index in [1.807, 2.05) is 11.6 Å². The van der Waals surface area contributed by atoms with E-state index in [0.29, 0.717) is 11.7 Å². The van der Waals surface area contributed by atoms with Crippen LogP contribution in [0.1, 0.15) is 57.7 Å². The number of thiophene rings is 1. The summed E-state index contributed by atoms with van der Waals surface area (Å²) in [5.74, 6) is -0.166. The topological polar surface area (TPSA) is 71.8 Å². The molecule has 0 aromatic carbocycles. The maximum atomic E-state index is 12.4. The monoisotopic (exact) mass is 369 g/mol. The highest BCUT2D eigenvalue weighted by Crippen LogP contribution is 2.26. The van der Waals surface area contributed by atoms with Crippen LogP contribution in [0.15, 0.2) is 12.3 Å². The van der Waals surface area contributed by atoms with Gasteiger partial charge in [-0.2, -0.15) is 0 Å². The van der Waals surface area contributed by atoms with Gasteiger partial charge in [0.1, 0.15) is 0 Å². The summed E-state index contributed by atoms with van der Waals surface area (Å²) in [7, 11) is 0. The van der Waals surface area contributed by atoms with Crippen molar-refractivity contribution in [2.45, 2.75) is 45.7 Å². The molecule has 0 radical (unpaired) electrons. The second-order valence-corrected chi connectivity index (χ2v) is 7.59. The van der Waals surface area contributed by atoms with Crippen molar-refractivity contribution in [3.63, 3.8) is 0 Å². The number of halogens is 1. The first-order chi connectivity index (χ1) is 11.0. The largest absolute Gasteiger partial charge is 0.344 e. The number of amides is 1. The highest BCUT2D eigenvalue weighted by atomic mass is 35.5. The second kappa shape index (κ2) is 8.09. The van der Waals surface area contributed by atoms with Gasteiger partial charge in [0.25, 0.3) is 5.91 Å². The van der Waals surface area contributed by atoms with Crippen LogP contribution in [0.25, 0.3) is 0 Å². The predicted octanol–water partition coefficient (Wildman–Crippen LogP) is 2.79. The SMILES string of the molecule is Cc1cc(C(C)NC(=O)c2cn(C3CCNCC3)nn2)c(C)s1.Cl. The van der Waals surface area contributed by atoms with Crippen LogP contribution >= 0.6 is 23.7 Å². The van der Waals surface area contributed by atoms with E-state index in [-0.39, 0.29) is 24.4 Å². The summed E-state index contributed by atoms with van der Waals surface area (Å²) >= 11 is 1.75. The standard InChI is InChI=1S/C16H23N5OS.ClH/c1-10-8-14(12(3)23-10)11(2)18-16(22)15-9-21(20-19-15)13-4-6-17-7-5-13;/h8-9,11,13,17H,4-7H2,1-3H3,(H,18,22);1H. The number of aromatic nitrogens is 3. The molecular weight excluding hydrogens is 346 g/mol. The number of carbonyl (C=O) groups excluding carboxylic acids is 1. The molecular formula is C16H24ClN5OS. The molecule has 0 spiro atoms. The van der Waals surface area contributed by atoms with Crippen LogP contribution in [0, 0.1) is 13.8 Å². The van der Waals surface area contributed by atoms with Crippen LogP contribution in [0.2, 0.25) is 0 Å². The van der Waals surface area contributed by atoms with Crippen molar-refractivity contribution in [1.82, 2.24) is 25.6 Å². The number of nitrogens with one attached hydrogen (secondary N) is 2. The van der Waals surface area contributed by atoms with Gasteiger partial charge in [0.15, 0.2) is 5.69 Å². The zero-order chi connectivity index (χ0) is 16.4. The van der Waals surface area contributed by atoms with Gasteiger partial charge >= 0.3 is 0 Å². The molecule has 3 heterocycles. The first-order valence-corrected chi connectivity index (χ1v) is 8.86. The minimum Gasteiger partial charge on any atom is -0.344 e. The van der Waals surface area contributed by atoms with E-state index in [1.54, 1.807) is 17.5 Å². The molecule has 1 amide bonds. The highest BCUT2D eigenvalue weighted by Gasteiger charge is 2.20. The predicted molar refractivity (Wildman–Crippen MR) is 98.1 cm³/mol. The Bertz CT molecular complexity index is 692. The maximum Gasteiger partial charge on any atom is 0.273 e. The Hall–Kier alpha value is -1.44. The lowest BCUT2D eigenvalue weighted by Gasteiger charge is -2.22. The van der Waals surface area contributed by atoms with Crippen molar-refractivity contribution in [3.05, 3.63) is 33.3 Å². The van der Waals surface area contributed by atoms with E-state index in [1.165, 1.54) is 15.3 Å². The van der Waals surface area contributed by atoms with E-state index in [4.69, 9.17) is 0 Å². The third-order valence-corrected chi connectivity index (χ3v) is 5.30. The van der Waals surface area contributed by atoms with E-state index in [0.717, 1.165) is 25.9 Å². The third-order valence-electron chi connectivity index (χ3n) is 4.32. The van der Waals surface area contributed by atoms with E-state index < -0.39 is 0 Å². The first kappa shape index (κ1) is 18.9. The lowest BCUT2D eigenvalue weighted by atomic mass is 10.1. The van der Waals surface area contributed by atoms with Crippen molar-refractivity contribution >= 4 is 29.7 Å². The first-order valence-electron chi connectivity index (χ1n) is 8.05. The minimum atomic E-state index is -0.166. The summed E-state index contributed by atoms with van der Waals surface area (Å²) in [5.41, 5.74) is 1.56. The molecule has 6 nitrogen and oxygen atoms in total. The Balaban J connectivity index is 0.00000208. The van der Waals surface area contributed by atoms with Gasteiger partial charge in [-0.05, 0) is 58.3 Å². The molecule has 3 rings (SSSR count). The summed E-state index contributed by atoms with van der Waals surface area (Å²) in [6, 6.07) is 2.44. The maximum absolute atomic E-state index is 12.4. The van der Waals surface area contributed by atoms with E-state index >= 15 is 0 Å². The lowest BCUT2D eigenvalue weighted by Crippen LogP contribution is -2.29. The molecule has 8 heteroatoms. The van der Waals surface area contributed by atoms with Crippen molar-refractivity contribution in [3.8, 4) is 0 Å². The summed E-state index contributed by atoms with van der Waals surface area (Å²) < 4.78 is 1.83. The quantitative estimate of drug-likeness (QED) is 0.869. The van der Waals surface area contributed by atoms with Gasteiger partial charge in [0.05, 0.1) is 18.3 Å². The fourth-order valence-corrected chi connectivity index (χ4v) is 4.08. The lowest BCUT2D eigenvalue weighted by molar-refractivity contribution is 0.0934. The Kier molecular flexibility index (Phi) is 6.37. The molecule has 0 aliphatic carbocycles. The summed E-state index contributed by atoms with van der Waals surface area (Å²) in [6.45, 7) is 8.15.